The average Bonchev–Trinajstić information content (AvgIpc) is 2.01. The summed E-state index contributed by atoms with van der Waals surface area (Å²) in [6.45, 7) is 3.89. The number of amides is 1. The van der Waals surface area contributed by atoms with Gasteiger partial charge in [-0.15, -0.1) is 0 Å². The molecule has 1 amide bonds. The molecule has 0 radical (unpaired) electrons. The molecule has 0 aromatic heterocycles. The van der Waals surface area contributed by atoms with E-state index in [9.17, 15) is 4.79 Å². The van der Waals surface area contributed by atoms with E-state index < -0.39 is 0 Å². The second kappa shape index (κ2) is 7.13. The maximum atomic E-state index is 10.9. The van der Waals surface area contributed by atoms with E-state index in [0.717, 1.165) is 0 Å². The fourth-order valence-corrected chi connectivity index (χ4v) is 0.747. The highest BCUT2D eigenvalue weighted by Crippen LogP contribution is 1.96. The number of hydrogen-bond acceptors (Lipinski definition) is 2. The van der Waals surface area contributed by atoms with Crippen molar-refractivity contribution in [1.29, 1.82) is 0 Å². The van der Waals surface area contributed by atoms with Crippen LogP contribution in [0.25, 0.3) is 0 Å². The van der Waals surface area contributed by atoms with Crippen molar-refractivity contribution in [2.75, 3.05) is 13.2 Å². The lowest BCUT2D eigenvalue weighted by Gasteiger charge is -2.02. The van der Waals surface area contributed by atoms with E-state index in [4.69, 9.17) is 16.7 Å². The van der Waals surface area contributed by atoms with Gasteiger partial charge in [0.05, 0.1) is 6.54 Å². The van der Waals surface area contributed by atoms with Gasteiger partial charge in [0.2, 0.25) is 5.91 Å². The van der Waals surface area contributed by atoms with E-state index >= 15 is 0 Å². The predicted molar refractivity (Wildman–Crippen MR) is 48.9 cm³/mol. The normalized spacial score (nSPS) is 9.50. The largest absolute Gasteiger partial charge is 0.396 e. The maximum Gasteiger partial charge on any atom is 0.220 e. The first-order valence-electron chi connectivity index (χ1n) is 3.87. The molecule has 0 aliphatic heterocycles. The van der Waals surface area contributed by atoms with Crippen molar-refractivity contribution < 1.29 is 9.90 Å². The van der Waals surface area contributed by atoms with Gasteiger partial charge in [-0.25, -0.2) is 0 Å². The van der Waals surface area contributed by atoms with E-state index in [-0.39, 0.29) is 12.5 Å². The summed E-state index contributed by atoms with van der Waals surface area (Å²) in [4.78, 5) is 10.9. The number of carbonyl (C=O) groups excluding carboxylic acids is 1. The van der Waals surface area contributed by atoms with Gasteiger partial charge in [0.15, 0.2) is 0 Å². The molecule has 0 aromatic rings. The summed E-state index contributed by atoms with van der Waals surface area (Å²) in [6, 6.07) is 0. The number of aliphatic hydroxyl groups excluding tert-OH is 1. The van der Waals surface area contributed by atoms with Crippen molar-refractivity contribution in [2.24, 2.45) is 0 Å². The molecule has 0 unspecified atom stereocenters. The SMILES string of the molecule is C=C(Cl)CNC(=O)CCCCO. The van der Waals surface area contributed by atoms with Gasteiger partial charge < -0.3 is 10.4 Å². The first-order chi connectivity index (χ1) is 5.66. The maximum absolute atomic E-state index is 10.9. The van der Waals surface area contributed by atoms with Gasteiger partial charge >= 0.3 is 0 Å². The Morgan fingerprint density at radius 2 is 2.17 bits per heavy atom. The second-order valence-corrected chi connectivity index (χ2v) is 3.01. The van der Waals surface area contributed by atoms with Crippen LogP contribution >= 0.6 is 11.6 Å². The summed E-state index contributed by atoms with van der Waals surface area (Å²) >= 11 is 5.43. The molecule has 0 aromatic carbocycles. The Balaban J connectivity index is 3.28. The Bertz CT molecular complexity index is 159. The molecule has 70 valence electrons. The number of hydrogen-bond donors (Lipinski definition) is 2. The van der Waals surface area contributed by atoms with Gasteiger partial charge in [-0.3, -0.25) is 4.79 Å². The minimum absolute atomic E-state index is 0.0507. The van der Waals surface area contributed by atoms with Gasteiger partial charge in [0.1, 0.15) is 0 Å². The summed E-state index contributed by atoms with van der Waals surface area (Å²) in [5.41, 5.74) is 0. The van der Waals surface area contributed by atoms with Crippen LogP contribution in [0, 0.1) is 0 Å². The Morgan fingerprint density at radius 3 is 2.67 bits per heavy atom. The van der Waals surface area contributed by atoms with Crippen molar-refractivity contribution >= 4 is 17.5 Å². The van der Waals surface area contributed by atoms with E-state index in [1.165, 1.54) is 0 Å². The van der Waals surface area contributed by atoms with Crippen LogP contribution in [0.3, 0.4) is 0 Å². The van der Waals surface area contributed by atoms with Gasteiger partial charge in [-0.1, -0.05) is 18.2 Å². The minimum atomic E-state index is -0.0507. The number of unbranched alkanes of at least 4 members (excludes halogenated alkanes) is 1. The molecule has 2 N–H and O–H groups in total. The zero-order chi connectivity index (χ0) is 9.40. The third-order valence-corrected chi connectivity index (χ3v) is 1.42. The zero-order valence-corrected chi connectivity index (χ0v) is 7.73. The highest BCUT2D eigenvalue weighted by Gasteiger charge is 1.99. The molecule has 0 heterocycles. The molecule has 0 fully saturated rings. The third-order valence-electron chi connectivity index (χ3n) is 1.29. The topological polar surface area (TPSA) is 49.3 Å². The Labute approximate surface area is 77.4 Å². The van der Waals surface area contributed by atoms with Crippen LogP contribution in [0.1, 0.15) is 19.3 Å². The van der Waals surface area contributed by atoms with Crippen molar-refractivity contribution in [2.45, 2.75) is 19.3 Å². The van der Waals surface area contributed by atoms with Crippen LogP contribution in [0.5, 0.6) is 0 Å². The lowest BCUT2D eigenvalue weighted by Crippen LogP contribution is -2.24. The van der Waals surface area contributed by atoms with Gasteiger partial charge in [0, 0.05) is 18.1 Å². The fraction of sp³-hybridized carbons (Fsp3) is 0.625. The van der Waals surface area contributed by atoms with Gasteiger partial charge in [-0.05, 0) is 12.8 Å². The lowest BCUT2D eigenvalue weighted by atomic mass is 10.2. The summed E-state index contributed by atoms with van der Waals surface area (Å²) in [6.07, 6.45) is 1.80. The van der Waals surface area contributed by atoms with Crippen LogP contribution in [0.4, 0.5) is 0 Å². The number of aliphatic hydroxyl groups is 1. The molecule has 3 nitrogen and oxygen atoms in total. The number of carbonyl (C=O) groups is 1. The highest BCUT2D eigenvalue weighted by molar-refractivity contribution is 6.29. The zero-order valence-electron chi connectivity index (χ0n) is 6.98. The van der Waals surface area contributed by atoms with E-state index in [2.05, 4.69) is 11.9 Å². The summed E-state index contributed by atoms with van der Waals surface area (Å²) in [5.74, 6) is -0.0507. The third kappa shape index (κ3) is 7.57. The minimum Gasteiger partial charge on any atom is -0.396 e. The van der Waals surface area contributed by atoms with E-state index in [1.54, 1.807) is 0 Å². The molecule has 0 rings (SSSR count). The van der Waals surface area contributed by atoms with Crippen molar-refractivity contribution in [3.8, 4) is 0 Å². The number of halogens is 1. The monoisotopic (exact) mass is 191 g/mol. The van der Waals surface area contributed by atoms with Crippen LogP contribution in [0.15, 0.2) is 11.6 Å². The summed E-state index contributed by atoms with van der Waals surface area (Å²) < 4.78 is 0. The Kier molecular flexibility index (Phi) is 6.81. The molecule has 4 heteroatoms. The molecular formula is C8H14ClNO2. The molecule has 0 aliphatic rings. The average molecular weight is 192 g/mol. The van der Waals surface area contributed by atoms with Gasteiger partial charge in [0.25, 0.3) is 0 Å². The molecule has 0 saturated carbocycles. The predicted octanol–water partition coefficient (Wildman–Crippen LogP) is 1.02. The molecule has 0 spiro atoms. The Morgan fingerprint density at radius 1 is 1.50 bits per heavy atom. The number of nitrogens with one attached hydrogen (secondary N) is 1. The smallest absolute Gasteiger partial charge is 0.220 e. The molecule has 0 saturated heterocycles. The van der Waals surface area contributed by atoms with Gasteiger partial charge in [-0.2, -0.15) is 0 Å². The van der Waals surface area contributed by atoms with E-state index in [0.29, 0.717) is 30.8 Å². The quantitative estimate of drug-likeness (QED) is 0.616. The molecule has 12 heavy (non-hydrogen) atoms. The highest BCUT2D eigenvalue weighted by atomic mass is 35.5. The van der Waals surface area contributed by atoms with Crippen molar-refractivity contribution in [3.05, 3.63) is 11.6 Å². The van der Waals surface area contributed by atoms with Crippen LogP contribution in [-0.4, -0.2) is 24.2 Å². The Hall–Kier alpha value is -0.540. The van der Waals surface area contributed by atoms with Crippen LogP contribution in [0.2, 0.25) is 0 Å². The lowest BCUT2D eigenvalue weighted by molar-refractivity contribution is -0.121. The first kappa shape index (κ1) is 11.5. The standard InChI is InChI=1S/C8H14ClNO2/c1-7(9)6-10-8(12)4-2-3-5-11/h11H,1-6H2,(H,10,12). The van der Waals surface area contributed by atoms with Crippen molar-refractivity contribution in [3.63, 3.8) is 0 Å². The second-order valence-electron chi connectivity index (χ2n) is 2.47. The fourth-order valence-electron chi connectivity index (χ4n) is 0.680. The van der Waals surface area contributed by atoms with E-state index in [1.807, 2.05) is 0 Å². The van der Waals surface area contributed by atoms with Crippen LogP contribution < -0.4 is 5.32 Å². The van der Waals surface area contributed by atoms with Crippen molar-refractivity contribution in [1.82, 2.24) is 5.32 Å². The molecule has 0 aliphatic carbocycles. The number of rotatable bonds is 6. The molecule has 0 bridgehead atoms. The van der Waals surface area contributed by atoms with Crippen LogP contribution in [-0.2, 0) is 4.79 Å². The first-order valence-corrected chi connectivity index (χ1v) is 4.25. The molecule has 0 atom stereocenters. The summed E-state index contributed by atoms with van der Waals surface area (Å²) in [5, 5.41) is 11.4. The molecular weight excluding hydrogens is 178 g/mol. The summed E-state index contributed by atoms with van der Waals surface area (Å²) in [7, 11) is 0.